The summed E-state index contributed by atoms with van der Waals surface area (Å²) in [6, 6.07) is 18.4. The average Bonchev–Trinajstić information content (AvgIpc) is 2.70. The average molecular weight is 498 g/mol. The second kappa shape index (κ2) is 23.8. The van der Waals surface area contributed by atoms with Crippen molar-refractivity contribution in [1.82, 2.24) is 0 Å². The molecule has 9 heteroatoms. The molecule has 0 aromatic heterocycles. The van der Waals surface area contributed by atoms with Crippen LogP contribution in [0, 0.1) is 0 Å². The van der Waals surface area contributed by atoms with Crippen LogP contribution in [0.3, 0.4) is 0 Å². The Balaban J connectivity index is -0.000000430. The van der Waals surface area contributed by atoms with Crippen molar-refractivity contribution in [3.63, 3.8) is 0 Å². The molecule has 0 saturated carbocycles. The van der Waals surface area contributed by atoms with Crippen LogP contribution in [0.15, 0.2) is 84.3 Å². The van der Waals surface area contributed by atoms with Crippen molar-refractivity contribution in [2.75, 3.05) is 13.2 Å². The molecule has 2 aromatic carbocycles. The maximum Gasteiger partial charge on any atom is 0.367 e. The Bertz CT molecular complexity index is 759. The first-order valence-electron chi connectivity index (χ1n) is 9.99. The van der Waals surface area contributed by atoms with E-state index in [1.165, 1.54) is 26.0 Å². The van der Waals surface area contributed by atoms with Gasteiger partial charge in [-0.2, -0.15) is 9.98 Å². The van der Waals surface area contributed by atoms with Gasteiger partial charge in [0.15, 0.2) is 0 Å². The van der Waals surface area contributed by atoms with Gasteiger partial charge in [-0.3, -0.25) is 0 Å². The molecule has 0 amide bonds. The maximum atomic E-state index is 9.24. The van der Waals surface area contributed by atoms with E-state index < -0.39 is 0 Å². The first-order chi connectivity index (χ1) is 15.2. The van der Waals surface area contributed by atoms with Crippen LogP contribution < -0.4 is 9.98 Å². The van der Waals surface area contributed by atoms with Gasteiger partial charge in [-0.25, -0.2) is 0 Å². The fourth-order valence-corrected chi connectivity index (χ4v) is 1.81. The van der Waals surface area contributed by atoms with E-state index in [-0.39, 0.29) is 45.0 Å². The second-order valence-electron chi connectivity index (χ2n) is 6.03. The van der Waals surface area contributed by atoms with Crippen molar-refractivity contribution >= 4 is 23.2 Å². The van der Waals surface area contributed by atoms with Gasteiger partial charge in [0.2, 0.25) is 11.4 Å². The summed E-state index contributed by atoms with van der Waals surface area (Å²) in [5.41, 5.74) is 1.55. The number of rotatable bonds is 4. The standard InChI is InChI=1S/2C10H11NO2.2C2H6O.Ti/c2*1-8(12)7-10(13)11-9-5-3-2-4-6-9;2*1-2-3;/h2*2-7,12H,1H3,(H,11,13);2*3H,2H2,1H3;/p+4/b2*8-7-;;;. The van der Waals surface area contributed by atoms with Crippen molar-refractivity contribution in [3.8, 4) is 0 Å². The Labute approximate surface area is 210 Å². The Kier molecular flexibility index (Phi) is 25.0. The number of nitrogens with one attached hydrogen (secondary N) is 2. The van der Waals surface area contributed by atoms with Crippen LogP contribution >= 0.6 is 0 Å². The number of allylic oxidation sites excluding steroid dienone is 2. The fraction of sp³-hybridized carbons (Fsp3) is 0.250. The third-order valence-electron chi connectivity index (χ3n) is 2.78. The zero-order valence-electron chi connectivity index (χ0n) is 19.6. The van der Waals surface area contributed by atoms with E-state index in [0.717, 1.165) is 11.4 Å². The molecule has 0 bridgehead atoms. The van der Waals surface area contributed by atoms with Crippen molar-refractivity contribution in [2.45, 2.75) is 27.7 Å². The summed E-state index contributed by atoms with van der Waals surface area (Å²) >= 11 is 0. The van der Waals surface area contributed by atoms with E-state index in [4.69, 9.17) is 20.4 Å². The molecule has 8 nitrogen and oxygen atoms in total. The van der Waals surface area contributed by atoms with Gasteiger partial charge >= 0.3 is 11.8 Å². The van der Waals surface area contributed by atoms with E-state index in [0.29, 0.717) is 13.2 Å². The molecule has 10 N–H and O–H groups in total. The summed E-state index contributed by atoms with van der Waals surface area (Å²) in [6.07, 6.45) is 2.49. The Morgan fingerprint density at radius 2 is 0.909 bits per heavy atom. The van der Waals surface area contributed by atoms with Gasteiger partial charge in [-0.05, 0) is 13.8 Å². The molecule has 0 atom stereocenters. The molecule has 180 valence electrons. The second-order valence-corrected chi connectivity index (χ2v) is 6.03. The van der Waals surface area contributed by atoms with E-state index in [2.05, 4.69) is 9.98 Å². The molecular weight excluding hydrogens is 460 g/mol. The van der Waals surface area contributed by atoms with Crippen LogP contribution in [-0.2, 0) is 21.7 Å². The van der Waals surface area contributed by atoms with Gasteiger partial charge < -0.3 is 30.6 Å². The van der Waals surface area contributed by atoms with E-state index in [9.17, 15) is 10.2 Å². The number of hydrogen-bond acceptors (Lipinski definition) is 2. The third kappa shape index (κ3) is 25.2. The summed E-state index contributed by atoms with van der Waals surface area (Å²) in [6.45, 7) is 7.56. The largest absolute Gasteiger partial charge is 0.512 e. The predicted molar refractivity (Wildman–Crippen MR) is 130 cm³/mol. The number of benzene rings is 2. The first-order valence-corrected chi connectivity index (χ1v) is 9.99. The van der Waals surface area contributed by atoms with Crippen molar-refractivity contribution in [1.29, 1.82) is 0 Å². The number of para-hydroxylation sites is 2. The van der Waals surface area contributed by atoms with Crippen LogP contribution in [-0.4, -0.2) is 55.6 Å². The number of aliphatic hydroxyl groups is 4. The Morgan fingerprint density at radius 3 is 1.12 bits per heavy atom. The normalized spacial score (nSPS) is 11.3. The SMILES string of the molecule is C/C(O)=C/C(O)=[NH+]c1ccccc1.C/C(O)=C/C(O)=[NH+]c1ccccc1.CC[OH2+].CC[OH2+].[Ti]. The van der Waals surface area contributed by atoms with Crippen LogP contribution in [0.2, 0.25) is 0 Å². The Morgan fingerprint density at radius 1 is 0.667 bits per heavy atom. The molecule has 0 heterocycles. The molecule has 0 aliphatic carbocycles. The zero-order valence-corrected chi connectivity index (χ0v) is 21.2. The fourth-order valence-electron chi connectivity index (χ4n) is 1.81. The molecule has 0 aliphatic rings. The summed E-state index contributed by atoms with van der Waals surface area (Å²) in [4.78, 5) is 5.42. The monoisotopic (exact) mass is 498 g/mol. The van der Waals surface area contributed by atoms with Gasteiger partial charge in [0.05, 0.1) is 23.7 Å². The van der Waals surface area contributed by atoms with E-state index >= 15 is 0 Å². The minimum Gasteiger partial charge on any atom is -0.512 e. The van der Waals surface area contributed by atoms with Gasteiger partial charge in [-0.15, -0.1) is 0 Å². The molecule has 0 aliphatic heterocycles. The molecule has 33 heavy (non-hydrogen) atoms. The van der Waals surface area contributed by atoms with E-state index in [1.807, 2.05) is 60.7 Å². The molecule has 0 radical (unpaired) electrons. The molecule has 0 spiro atoms. The van der Waals surface area contributed by atoms with Crippen LogP contribution in [0.4, 0.5) is 11.4 Å². The van der Waals surface area contributed by atoms with Gasteiger partial charge in [-0.1, -0.05) is 36.4 Å². The maximum absolute atomic E-state index is 9.24. The van der Waals surface area contributed by atoms with Gasteiger partial charge in [0.25, 0.3) is 0 Å². The molecule has 0 unspecified atom stereocenters. The summed E-state index contributed by atoms with van der Waals surface area (Å²) in [7, 11) is 0. The minimum absolute atomic E-state index is 0. The number of hydrogen-bond donors (Lipinski definition) is 6. The van der Waals surface area contributed by atoms with Gasteiger partial charge in [0.1, 0.15) is 13.2 Å². The van der Waals surface area contributed by atoms with Gasteiger partial charge in [0, 0.05) is 59.8 Å². The van der Waals surface area contributed by atoms with Crippen molar-refractivity contribution in [2.24, 2.45) is 0 Å². The molecule has 2 aromatic rings. The van der Waals surface area contributed by atoms with Crippen LogP contribution in [0.1, 0.15) is 27.7 Å². The quantitative estimate of drug-likeness (QED) is 0.123. The predicted octanol–water partition coefficient (Wildman–Crippen LogP) is 1.09. The van der Waals surface area contributed by atoms with Crippen molar-refractivity contribution in [3.05, 3.63) is 84.3 Å². The molecule has 2 rings (SSSR count). The minimum atomic E-state index is -0.0776. The Hall–Kier alpha value is -2.91. The van der Waals surface area contributed by atoms with Crippen LogP contribution in [0.25, 0.3) is 0 Å². The molecular formula is C24H38N2O6Ti+4. The smallest absolute Gasteiger partial charge is 0.367 e. The number of aliphatic hydroxyl groups excluding tert-OH is 4. The van der Waals surface area contributed by atoms with E-state index in [1.54, 1.807) is 13.8 Å². The first kappa shape index (κ1) is 34.7. The summed E-state index contributed by atoms with van der Waals surface area (Å²) in [5, 5.41) is 48.6. The molecule has 0 saturated heterocycles. The summed E-state index contributed by atoms with van der Waals surface area (Å²) < 4.78 is 0. The molecule has 0 fully saturated rings. The van der Waals surface area contributed by atoms with Crippen LogP contribution in [0.5, 0.6) is 0 Å². The zero-order chi connectivity index (χ0) is 24.8. The third-order valence-corrected chi connectivity index (χ3v) is 2.78. The van der Waals surface area contributed by atoms with Crippen molar-refractivity contribution < 1.29 is 62.3 Å². The summed E-state index contributed by atoms with van der Waals surface area (Å²) in [5.74, 6) is -0.0423. The topological polar surface area (TPSA) is 155 Å².